The zero-order chi connectivity index (χ0) is 12.4. The van der Waals surface area contributed by atoms with Crippen LogP contribution in [0, 0.1) is 12.7 Å². The van der Waals surface area contributed by atoms with Crippen LogP contribution < -0.4 is 5.32 Å². The molecule has 1 unspecified atom stereocenters. The van der Waals surface area contributed by atoms with E-state index in [1.54, 1.807) is 25.1 Å². The van der Waals surface area contributed by atoms with Crippen molar-refractivity contribution < 1.29 is 9.18 Å². The molecule has 2 rings (SSSR count). The van der Waals surface area contributed by atoms with Crippen molar-refractivity contribution in [3.8, 4) is 0 Å². The van der Waals surface area contributed by atoms with Crippen LogP contribution in [0.2, 0.25) is 0 Å². The highest BCUT2D eigenvalue weighted by molar-refractivity contribution is 5.92. The quantitative estimate of drug-likeness (QED) is 0.869. The molecule has 1 N–H and O–H groups in total. The number of halogens is 1. The monoisotopic (exact) mass is 233 g/mol. The third-order valence-electron chi connectivity index (χ3n) is 3.07. The average molecular weight is 233 g/mol. The van der Waals surface area contributed by atoms with E-state index < -0.39 is 0 Å². The van der Waals surface area contributed by atoms with E-state index >= 15 is 0 Å². The molecule has 0 heterocycles. The Morgan fingerprint density at radius 2 is 2.12 bits per heavy atom. The normalized spacial score (nSPS) is 16.9. The second-order valence-corrected chi connectivity index (χ2v) is 4.51. The van der Waals surface area contributed by atoms with Crippen LogP contribution in [0.25, 0.3) is 0 Å². The maximum absolute atomic E-state index is 13.4. The van der Waals surface area contributed by atoms with Crippen LogP contribution in [-0.4, -0.2) is 5.78 Å². The van der Waals surface area contributed by atoms with E-state index in [-0.39, 0.29) is 17.6 Å². The lowest BCUT2D eigenvalue weighted by atomic mass is 10.1. The van der Waals surface area contributed by atoms with Gasteiger partial charge in [-0.2, -0.15) is 0 Å². The third kappa shape index (κ3) is 2.73. The lowest BCUT2D eigenvalue weighted by Crippen LogP contribution is -2.17. The van der Waals surface area contributed by atoms with Crippen LogP contribution in [0.15, 0.2) is 30.0 Å². The molecule has 0 bridgehead atoms. The van der Waals surface area contributed by atoms with Gasteiger partial charge in [0.1, 0.15) is 5.82 Å². The number of aryl methyl sites for hydroxylation is 1. The molecule has 90 valence electrons. The standard InChI is InChI=1S/C14H16FNO/c1-9-3-4-11(7-14(9)15)10(2)16-12-5-6-13(17)8-12/h3-4,7-8,10,16H,5-6H2,1-2H3. The Bertz CT molecular complexity index is 479. The van der Waals surface area contributed by atoms with Crippen molar-refractivity contribution in [1.82, 2.24) is 5.32 Å². The molecule has 0 spiro atoms. The van der Waals surface area contributed by atoms with Crippen LogP contribution in [0.4, 0.5) is 4.39 Å². The molecule has 0 aromatic heterocycles. The van der Waals surface area contributed by atoms with Crippen LogP contribution >= 0.6 is 0 Å². The summed E-state index contributed by atoms with van der Waals surface area (Å²) < 4.78 is 13.4. The Morgan fingerprint density at radius 3 is 2.71 bits per heavy atom. The number of ketones is 1. The van der Waals surface area contributed by atoms with Crippen molar-refractivity contribution in [1.29, 1.82) is 0 Å². The van der Waals surface area contributed by atoms with Gasteiger partial charge in [-0.3, -0.25) is 4.79 Å². The van der Waals surface area contributed by atoms with Crippen LogP contribution in [0.3, 0.4) is 0 Å². The Labute approximate surface area is 101 Å². The molecule has 2 nitrogen and oxygen atoms in total. The molecule has 0 aliphatic heterocycles. The summed E-state index contributed by atoms with van der Waals surface area (Å²) in [6, 6.07) is 5.25. The summed E-state index contributed by atoms with van der Waals surface area (Å²) in [5.74, 6) is -0.0255. The van der Waals surface area contributed by atoms with Gasteiger partial charge in [-0.05, 0) is 37.5 Å². The average Bonchev–Trinajstić information content (AvgIpc) is 2.68. The lowest BCUT2D eigenvalue weighted by Gasteiger charge is -2.16. The van der Waals surface area contributed by atoms with E-state index in [0.717, 1.165) is 17.7 Å². The van der Waals surface area contributed by atoms with Crippen molar-refractivity contribution in [3.63, 3.8) is 0 Å². The summed E-state index contributed by atoms with van der Waals surface area (Å²) in [5, 5.41) is 3.25. The second-order valence-electron chi connectivity index (χ2n) is 4.51. The van der Waals surface area contributed by atoms with Crippen LogP contribution in [0.1, 0.15) is 36.9 Å². The first kappa shape index (κ1) is 11.8. The van der Waals surface area contributed by atoms with Gasteiger partial charge in [-0.1, -0.05) is 12.1 Å². The molecule has 0 amide bonds. The Balaban J connectivity index is 2.09. The van der Waals surface area contributed by atoms with Crippen molar-refractivity contribution in [3.05, 3.63) is 46.9 Å². The molecular weight excluding hydrogens is 217 g/mol. The Hall–Kier alpha value is -1.64. The summed E-state index contributed by atoms with van der Waals surface area (Å²) >= 11 is 0. The maximum Gasteiger partial charge on any atom is 0.157 e. The SMILES string of the molecule is Cc1ccc(C(C)NC2=CC(=O)CC2)cc1F. The predicted molar refractivity (Wildman–Crippen MR) is 65.0 cm³/mol. The fourth-order valence-electron chi connectivity index (χ4n) is 1.95. The highest BCUT2D eigenvalue weighted by Gasteiger charge is 2.15. The molecule has 0 saturated heterocycles. The second kappa shape index (κ2) is 4.70. The van der Waals surface area contributed by atoms with Gasteiger partial charge in [0, 0.05) is 24.2 Å². The number of carbonyl (C=O) groups is 1. The molecule has 3 heteroatoms. The zero-order valence-corrected chi connectivity index (χ0v) is 10.1. The molecule has 0 radical (unpaired) electrons. The van der Waals surface area contributed by atoms with Gasteiger partial charge >= 0.3 is 0 Å². The van der Waals surface area contributed by atoms with Gasteiger partial charge in [0.25, 0.3) is 0 Å². The number of rotatable bonds is 3. The van der Waals surface area contributed by atoms with Crippen molar-refractivity contribution >= 4 is 5.78 Å². The molecule has 1 aromatic rings. The Kier molecular flexibility index (Phi) is 3.27. The van der Waals surface area contributed by atoms with Gasteiger partial charge in [0.05, 0.1) is 0 Å². The van der Waals surface area contributed by atoms with Crippen LogP contribution in [0.5, 0.6) is 0 Å². The minimum atomic E-state index is -0.187. The molecule has 1 atom stereocenters. The third-order valence-corrected chi connectivity index (χ3v) is 3.07. The molecule has 0 saturated carbocycles. The number of hydrogen-bond acceptors (Lipinski definition) is 2. The fraction of sp³-hybridized carbons (Fsp3) is 0.357. The molecular formula is C14H16FNO. The maximum atomic E-state index is 13.4. The summed E-state index contributed by atoms with van der Waals surface area (Å²) in [4.78, 5) is 11.1. The van der Waals surface area contributed by atoms with Gasteiger partial charge in [0.2, 0.25) is 0 Å². The van der Waals surface area contributed by atoms with Crippen molar-refractivity contribution in [2.75, 3.05) is 0 Å². The highest BCUT2D eigenvalue weighted by Crippen LogP contribution is 2.20. The van der Waals surface area contributed by atoms with Gasteiger partial charge in [-0.25, -0.2) is 4.39 Å². The Morgan fingerprint density at radius 1 is 1.35 bits per heavy atom. The number of carbonyl (C=O) groups excluding carboxylic acids is 1. The predicted octanol–water partition coefficient (Wildman–Crippen LogP) is 3.03. The van der Waals surface area contributed by atoms with Gasteiger partial charge in [-0.15, -0.1) is 0 Å². The minimum absolute atomic E-state index is 0.0160. The summed E-state index contributed by atoms with van der Waals surface area (Å²) in [5.41, 5.74) is 2.49. The highest BCUT2D eigenvalue weighted by atomic mass is 19.1. The van der Waals surface area contributed by atoms with E-state index in [2.05, 4.69) is 5.32 Å². The first-order chi connectivity index (χ1) is 8.06. The van der Waals surface area contributed by atoms with Crippen molar-refractivity contribution in [2.24, 2.45) is 0 Å². The first-order valence-electron chi connectivity index (χ1n) is 5.82. The largest absolute Gasteiger partial charge is 0.382 e. The van der Waals surface area contributed by atoms with Crippen molar-refractivity contribution in [2.45, 2.75) is 32.7 Å². The smallest absolute Gasteiger partial charge is 0.157 e. The molecule has 17 heavy (non-hydrogen) atoms. The number of allylic oxidation sites excluding steroid dienone is 2. The molecule has 1 aliphatic carbocycles. The summed E-state index contributed by atoms with van der Waals surface area (Å²) in [7, 11) is 0. The van der Waals surface area contributed by atoms with E-state index in [1.807, 2.05) is 13.0 Å². The topological polar surface area (TPSA) is 29.1 Å². The lowest BCUT2D eigenvalue weighted by molar-refractivity contribution is -0.114. The zero-order valence-electron chi connectivity index (χ0n) is 10.1. The van der Waals surface area contributed by atoms with E-state index in [1.165, 1.54) is 0 Å². The van der Waals surface area contributed by atoms with E-state index in [0.29, 0.717) is 12.0 Å². The molecule has 0 fully saturated rings. The molecule has 1 aromatic carbocycles. The van der Waals surface area contributed by atoms with Crippen LogP contribution in [-0.2, 0) is 4.79 Å². The van der Waals surface area contributed by atoms with Gasteiger partial charge < -0.3 is 5.32 Å². The number of hydrogen-bond donors (Lipinski definition) is 1. The van der Waals surface area contributed by atoms with E-state index in [9.17, 15) is 9.18 Å². The fourth-order valence-corrected chi connectivity index (χ4v) is 1.95. The minimum Gasteiger partial charge on any atom is -0.382 e. The van der Waals surface area contributed by atoms with Gasteiger partial charge in [0.15, 0.2) is 5.78 Å². The molecule has 1 aliphatic rings. The number of benzene rings is 1. The first-order valence-corrected chi connectivity index (χ1v) is 5.82. The summed E-state index contributed by atoms with van der Waals surface area (Å²) in [6.07, 6.45) is 2.98. The van der Waals surface area contributed by atoms with E-state index in [4.69, 9.17) is 0 Å². The number of nitrogens with one attached hydrogen (secondary N) is 1. The summed E-state index contributed by atoms with van der Waals surface area (Å²) in [6.45, 7) is 3.71.